The van der Waals surface area contributed by atoms with Gasteiger partial charge in [0, 0.05) is 30.9 Å². The minimum absolute atomic E-state index is 0.385. The Bertz CT molecular complexity index is 241. The summed E-state index contributed by atoms with van der Waals surface area (Å²) in [4.78, 5) is 4.02. The Morgan fingerprint density at radius 1 is 1.80 bits per heavy atom. The normalized spacial score (nSPS) is 30.6. The first-order valence-corrected chi connectivity index (χ1v) is 3.51. The molecule has 0 aliphatic heterocycles. The molecule has 1 aromatic heterocycles. The first kappa shape index (κ1) is 5.92. The number of nitrogens with zero attached hydrogens (tertiary/aromatic N) is 2. The van der Waals surface area contributed by atoms with E-state index in [2.05, 4.69) is 4.98 Å². The zero-order valence-electron chi connectivity index (χ0n) is 5.99. The van der Waals surface area contributed by atoms with Crippen LogP contribution in [-0.2, 0) is 7.05 Å². The van der Waals surface area contributed by atoms with E-state index in [1.165, 1.54) is 5.69 Å². The van der Waals surface area contributed by atoms with Gasteiger partial charge < -0.3 is 10.3 Å². The molecule has 0 aromatic carbocycles. The topological polar surface area (TPSA) is 43.8 Å². The maximum atomic E-state index is 5.69. The Morgan fingerprint density at radius 2 is 2.50 bits per heavy atom. The summed E-state index contributed by atoms with van der Waals surface area (Å²) in [5.74, 6) is 0.576. The quantitative estimate of drug-likeness (QED) is 0.602. The van der Waals surface area contributed by atoms with E-state index in [9.17, 15) is 0 Å². The lowest BCUT2D eigenvalue weighted by Crippen LogP contribution is -2.03. The van der Waals surface area contributed by atoms with Crippen LogP contribution in [0.2, 0.25) is 0 Å². The molecule has 54 valence electrons. The van der Waals surface area contributed by atoms with Crippen LogP contribution >= 0.6 is 0 Å². The maximum absolute atomic E-state index is 5.69. The van der Waals surface area contributed by atoms with Crippen LogP contribution in [0.4, 0.5) is 0 Å². The number of aromatic nitrogens is 2. The molecule has 1 fully saturated rings. The van der Waals surface area contributed by atoms with Gasteiger partial charge in [-0.2, -0.15) is 0 Å². The van der Waals surface area contributed by atoms with Gasteiger partial charge in [0.2, 0.25) is 0 Å². The molecule has 3 heteroatoms. The van der Waals surface area contributed by atoms with Crippen molar-refractivity contribution in [1.29, 1.82) is 0 Å². The van der Waals surface area contributed by atoms with Crippen molar-refractivity contribution < 1.29 is 0 Å². The molecule has 0 saturated heterocycles. The highest BCUT2D eigenvalue weighted by atomic mass is 15.0. The van der Waals surface area contributed by atoms with Crippen molar-refractivity contribution in [3.8, 4) is 0 Å². The van der Waals surface area contributed by atoms with Crippen LogP contribution in [0.15, 0.2) is 12.5 Å². The van der Waals surface area contributed by atoms with Crippen LogP contribution in [0.3, 0.4) is 0 Å². The Hall–Kier alpha value is -0.830. The lowest BCUT2D eigenvalue weighted by Gasteiger charge is -1.96. The third-order valence-electron chi connectivity index (χ3n) is 2.07. The van der Waals surface area contributed by atoms with Crippen LogP contribution in [0.1, 0.15) is 18.0 Å². The van der Waals surface area contributed by atoms with Gasteiger partial charge in [0.15, 0.2) is 0 Å². The van der Waals surface area contributed by atoms with Crippen LogP contribution < -0.4 is 5.73 Å². The van der Waals surface area contributed by atoms with E-state index in [4.69, 9.17) is 5.73 Å². The van der Waals surface area contributed by atoms with Gasteiger partial charge >= 0.3 is 0 Å². The van der Waals surface area contributed by atoms with Gasteiger partial charge in [-0.25, -0.2) is 4.98 Å². The summed E-state index contributed by atoms with van der Waals surface area (Å²) in [5, 5.41) is 0. The summed E-state index contributed by atoms with van der Waals surface area (Å²) in [6.45, 7) is 0. The molecule has 10 heavy (non-hydrogen) atoms. The molecular weight excluding hydrogens is 126 g/mol. The number of hydrogen-bond donors (Lipinski definition) is 1. The first-order chi connectivity index (χ1) is 4.79. The van der Waals surface area contributed by atoms with Crippen molar-refractivity contribution in [1.82, 2.24) is 9.55 Å². The second kappa shape index (κ2) is 1.83. The van der Waals surface area contributed by atoms with Crippen LogP contribution in [0, 0.1) is 0 Å². The van der Waals surface area contributed by atoms with Gasteiger partial charge in [-0.1, -0.05) is 0 Å². The molecular formula is C7H11N3. The summed E-state index contributed by atoms with van der Waals surface area (Å²) < 4.78 is 2.04. The molecule has 3 nitrogen and oxygen atoms in total. The zero-order valence-corrected chi connectivity index (χ0v) is 5.99. The van der Waals surface area contributed by atoms with E-state index in [1.54, 1.807) is 0 Å². The predicted octanol–water partition coefficient (Wildman–Crippen LogP) is 0.235. The summed E-state index contributed by atoms with van der Waals surface area (Å²) in [5.41, 5.74) is 6.96. The van der Waals surface area contributed by atoms with Crippen molar-refractivity contribution in [3.05, 3.63) is 18.2 Å². The monoisotopic (exact) mass is 137 g/mol. The molecule has 2 rings (SSSR count). The smallest absolute Gasteiger partial charge is 0.0945 e. The Balaban J connectivity index is 2.26. The highest BCUT2D eigenvalue weighted by Gasteiger charge is 2.36. The Labute approximate surface area is 59.9 Å². The van der Waals surface area contributed by atoms with Crippen molar-refractivity contribution in [2.24, 2.45) is 12.8 Å². The second-order valence-corrected chi connectivity index (χ2v) is 2.94. The van der Waals surface area contributed by atoms with Crippen LogP contribution in [0.5, 0.6) is 0 Å². The summed E-state index contributed by atoms with van der Waals surface area (Å²) in [7, 11) is 2.01. The van der Waals surface area contributed by atoms with Crippen molar-refractivity contribution in [2.45, 2.75) is 18.4 Å². The van der Waals surface area contributed by atoms with Crippen molar-refractivity contribution >= 4 is 0 Å². The number of imidazole rings is 1. The number of hydrogen-bond acceptors (Lipinski definition) is 2. The van der Waals surface area contributed by atoms with Crippen molar-refractivity contribution in [3.63, 3.8) is 0 Å². The van der Waals surface area contributed by atoms with E-state index >= 15 is 0 Å². The second-order valence-electron chi connectivity index (χ2n) is 2.94. The van der Waals surface area contributed by atoms with Gasteiger partial charge in [0.1, 0.15) is 0 Å². The van der Waals surface area contributed by atoms with Gasteiger partial charge in [-0.05, 0) is 6.42 Å². The van der Waals surface area contributed by atoms with Gasteiger partial charge in [-0.15, -0.1) is 0 Å². The van der Waals surface area contributed by atoms with Gasteiger partial charge in [0.25, 0.3) is 0 Å². The minimum Gasteiger partial charge on any atom is -0.337 e. The van der Waals surface area contributed by atoms with Gasteiger partial charge in [0.05, 0.1) is 6.33 Å². The average Bonchev–Trinajstić information content (AvgIpc) is 2.42. The standard InChI is InChI=1S/C7H11N3/c1-10-4-9-3-7(10)5-2-6(5)8/h3-6H,2,8H2,1H3/t5-,6-/m1/s1. The molecule has 2 N–H and O–H groups in total. The summed E-state index contributed by atoms with van der Waals surface area (Å²) in [6, 6.07) is 0.385. The Morgan fingerprint density at radius 3 is 2.90 bits per heavy atom. The van der Waals surface area contributed by atoms with E-state index in [1.807, 2.05) is 24.1 Å². The third kappa shape index (κ3) is 0.743. The van der Waals surface area contributed by atoms with E-state index in [0.717, 1.165) is 6.42 Å². The lowest BCUT2D eigenvalue weighted by atomic mass is 10.3. The Kier molecular flexibility index (Phi) is 1.08. The average molecular weight is 137 g/mol. The minimum atomic E-state index is 0.385. The fraction of sp³-hybridized carbons (Fsp3) is 0.571. The molecule has 1 saturated carbocycles. The van der Waals surface area contributed by atoms with E-state index in [0.29, 0.717) is 12.0 Å². The molecule has 0 bridgehead atoms. The molecule has 2 atom stereocenters. The number of rotatable bonds is 1. The van der Waals surface area contributed by atoms with E-state index in [-0.39, 0.29) is 0 Å². The fourth-order valence-corrected chi connectivity index (χ4v) is 1.28. The maximum Gasteiger partial charge on any atom is 0.0945 e. The molecule has 1 heterocycles. The highest BCUT2D eigenvalue weighted by Crippen LogP contribution is 2.38. The van der Waals surface area contributed by atoms with E-state index < -0.39 is 0 Å². The molecule has 1 aliphatic carbocycles. The SMILES string of the molecule is Cn1cncc1[C@@H]1C[C@H]1N. The lowest BCUT2D eigenvalue weighted by molar-refractivity contribution is 0.810. The molecule has 1 aliphatic rings. The zero-order chi connectivity index (χ0) is 7.14. The molecule has 0 radical (unpaired) electrons. The molecule has 0 unspecified atom stereocenters. The molecule has 1 aromatic rings. The van der Waals surface area contributed by atoms with Crippen LogP contribution in [-0.4, -0.2) is 15.6 Å². The first-order valence-electron chi connectivity index (χ1n) is 3.51. The number of nitrogens with two attached hydrogens (primary N) is 1. The van der Waals surface area contributed by atoms with Crippen LogP contribution in [0.25, 0.3) is 0 Å². The highest BCUT2D eigenvalue weighted by molar-refractivity contribution is 5.18. The molecule has 0 spiro atoms. The number of aryl methyl sites for hydroxylation is 1. The van der Waals surface area contributed by atoms with Crippen molar-refractivity contribution in [2.75, 3.05) is 0 Å². The van der Waals surface area contributed by atoms with Gasteiger partial charge in [-0.3, -0.25) is 0 Å². The fourth-order valence-electron chi connectivity index (χ4n) is 1.28. The third-order valence-corrected chi connectivity index (χ3v) is 2.07. The summed E-state index contributed by atoms with van der Waals surface area (Å²) >= 11 is 0. The predicted molar refractivity (Wildman–Crippen MR) is 38.5 cm³/mol. The molecule has 0 amide bonds. The largest absolute Gasteiger partial charge is 0.337 e. The summed E-state index contributed by atoms with van der Waals surface area (Å²) in [6.07, 6.45) is 4.84.